The number of hydrogen-bond acceptors (Lipinski definition) is 6. The number of carbonyl (C=O) groups is 3. The molecule has 1 aromatic rings. The molecule has 0 bridgehead atoms. The van der Waals surface area contributed by atoms with E-state index >= 15 is 0 Å². The highest BCUT2D eigenvalue weighted by atomic mass is 32.2. The minimum absolute atomic E-state index is 0.0385. The molecule has 1 N–H and O–H groups in total. The Morgan fingerprint density at radius 3 is 2.67 bits per heavy atom. The number of esters is 1. The number of carbonyl (C=O) groups excluding carboxylic acids is 3. The molecule has 4 aliphatic rings. The molecule has 8 heteroatoms. The summed E-state index contributed by atoms with van der Waals surface area (Å²) in [4.78, 5) is 45.1. The van der Waals surface area contributed by atoms with Gasteiger partial charge in [0, 0.05) is 23.5 Å². The van der Waals surface area contributed by atoms with Crippen molar-refractivity contribution in [1.29, 1.82) is 0 Å². The fourth-order valence-corrected chi connectivity index (χ4v) is 8.52. The van der Waals surface area contributed by atoms with Crippen molar-refractivity contribution in [2.75, 3.05) is 31.2 Å². The van der Waals surface area contributed by atoms with Crippen molar-refractivity contribution in [2.24, 2.45) is 11.8 Å². The van der Waals surface area contributed by atoms with Crippen LogP contribution >= 0.6 is 11.8 Å². The number of likely N-dealkylation sites (tertiary alicyclic amines) is 1. The minimum atomic E-state index is -0.938. The summed E-state index contributed by atoms with van der Waals surface area (Å²) in [5, 5.41) is 9.85. The second-order valence-corrected chi connectivity index (χ2v) is 12.3. The van der Waals surface area contributed by atoms with E-state index in [-0.39, 0.29) is 30.9 Å². The number of hydrogen-bond donors (Lipinski definition) is 1. The van der Waals surface area contributed by atoms with Crippen LogP contribution in [0.3, 0.4) is 0 Å². The number of allylic oxidation sites excluding steroid dienone is 1. The molecule has 2 amide bonds. The van der Waals surface area contributed by atoms with Gasteiger partial charge in [0.1, 0.15) is 6.04 Å². The standard InChI is InChI=1S/C28H34N2O5S/c1-18-9-10-19(2)20(17-18)29-13-8-12-28-21(24(32)30(14-15-31)23(28)25(29)33)22-26(34)35-16-7-5-4-6-11-27(22,3)36-28/h6,8-12,17,21-23,31H,4-5,7,13-16H2,1-3H3/b11-6-/t21-,22-,23?,27+,28-/m0/s1. The summed E-state index contributed by atoms with van der Waals surface area (Å²) in [5.74, 6) is -2.30. The van der Waals surface area contributed by atoms with Crippen molar-refractivity contribution in [3.8, 4) is 0 Å². The summed E-state index contributed by atoms with van der Waals surface area (Å²) in [7, 11) is 0. The molecule has 0 aliphatic carbocycles. The molecule has 2 fully saturated rings. The molecule has 1 aromatic carbocycles. The molecule has 36 heavy (non-hydrogen) atoms. The van der Waals surface area contributed by atoms with Crippen LogP contribution in [0.25, 0.3) is 0 Å². The second kappa shape index (κ2) is 9.38. The first kappa shape index (κ1) is 25.1. The number of anilines is 1. The number of ether oxygens (including phenoxy) is 1. The van der Waals surface area contributed by atoms with Crippen LogP contribution in [0.2, 0.25) is 0 Å². The Kier molecular flexibility index (Phi) is 6.53. The molecule has 0 radical (unpaired) electrons. The van der Waals surface area contributed by atoms with Gasteiger partial charge in [0.05, 0.1) is 29.8 Å². The Labute approximate surface area is 216 Å². The van der Waals surface area contributed by atoms with E-state index in [0.717, 1.165) is 36.1 Å². The summed E-state index contributed by atoms with van der Waals surface area (Å²) in [6, 6.07) is 5.17. The van der Waals surface area contributed by atoms with Crippen LogP contribution in [-0.2, 0) is 19.1 Å². The fourth-order valence-electron chi connectivity index (χ4n) is 6.37. The quantitative estimate of drug-likeness (QED) is 0.497. The molecule has 4 aliphatic heterocycles. The minimum Gasteiger partial charge on any atom is -0.465 e. The number of thioether (sulfide) groups is 1. The molecule has 7 nitrogen and oxygen atoms in total. The van der Waals surface area contributed by atoms with E-state index in [9.17, 15) is 19.5 Å². The average molecular weight is 511 g/mol. The van der Waals surface area contributed by atoms with E-state index in [4.69, 9.17) is 4.74 Å². The number of aliphatic hydroxyl groups is 1. The van der Waals surface area contributed by atoms with Crippen LogP contribution in [0.5, 0.6) is 0 Å². The van der Waals surface area contributed by atoms with Gasteiger partial charge in [-0.15, -0.1) is 11.8 Å². The summed E-state index contributed by atoms with van der Waals surface area (Å²) in [6.45, 7) is 6.43. The van der Waals surface area contributed by atoms with E-state index in [0.29, 0.717) is 13.2 Å². The maximum absolute atomic E-state index is 14.4. The van der Waals surface area contributed by atoms with Crippen molar-refractivity contribution < 1.29 is 24.2 Å². The number of aryl methyl sites for hydroxylation is 2. The van der Waals surface area contributed by atoms with Crippen LogP contribution in [0, 0.1) is 25.7 Å². The molecule has 4 heterocycles. The summed E-state index contributed by atoms with van der Waals surface area (Å²) in [5.41, 5.74) is 2.83. The van der Waals surface area contributed by atoms with Crippen molar-refractivity contribution >= 4 is 35.2 Å². The summed E-state index contributed by atoms with van der Waals surface area (Å²) in [6.07, 6.45) is 10.7. The zero-order chi connectivity index (χ0) is 25.7. The largest absolute Gasteiger partial charge is 0.465 e. The number of amides is 2. The van der Waals surface area contributed by atoms with E-state index in [2.05, 4.69) is 6.08 Å². The fraction of sp³-hybridized carbons (Fsp3) is 0.536. The van der Waals surface area contributed by atoms with Gasteiger partial charge >= 0.3 is 5.97 Å². The molecule has 2 saturated heterocycles. The molecule has 1 spiro atoms. The number of cyclic esters (lactones) is 1. The molecular formula is C28H34N2O5S. The zero-order valence-electron chi connectivity index (χ0n) is 21.1. The van der Waals surface area contributed by atoms with Crippen molar-refractivity contribution in [3.63, 3.8) is 0 Å². The first-order valence-corrected chi connectivity index (χ1v) is 13.6. The maximum Gasteiger partial charge on any atom is 0.311 e. The Balaban J connectivity index is 1.65. The number of rotatable bonds is 3. The van der Waals surface area contributed by atoms with Gasteiger partial charge in [0.25, 0.3) is 5.91 Å². The molecule has 5 atom stereocenters. The lowest BCUT2D eigenvalue weighted by atomic mass is 9.74. The van der Waals surface area contributed by atoms with Gasteiger partial charge in [0.2, 0.25) is 5.91 Å². The third-order valence-electron chi connectivity index (χ3n) is 8.00. The highest BCUT2D eigenvalue weighted by molar-refractivity contribution is 8.02. The van der Waals surface area contributed by atoms with Gasteiger partial charge in [-0.3, -0.25) is 14.4 Å². The van der Waals surface area contributed by atoms with E-state index in [1.807, 2.05) is 57.2 Å². The van der Waals surface area contributed by atoms with E-state index < -0.39 is 27.4 Å². The highest BCUT2D eigenvalue weighted by Crippen LogP contribution is 2.65. The Bertz CT molecular complexity index is 1150. The summed E-state index contributed by atoms with van der Waals surface area (Å²) < 4.78 is 4.04. The van der Waals surface area contributed by atoms with Crippen LogP contribution in [0.4, 0.5) is 5.69 Å². The first-order chi connectivity index (χ1) is 17.2. The molecule has 0 aromatic heterocycles. The molecule has 5 rings (SSSR count). The smallest absolute Gasteiger partial charge is 0.311 e. The predicted molar refractivity (Wildman–Crippen MR) is 140 cm³/mol. The normalized spacial score (nSPS) is 35.1. The van der Waals surface area contributed by atoms with Gasteiger partial charge in [-0.1, -0.05) is 36.4 Å². The van der Waals surface area contributed by atoms with Crippen molar-refractivity contribution in [3.05, 3.63) is 53.6 Å². The van der Waals surface area contributed by atoms with Crippen LogP contribution < -0.4 is 4.90 Å². The van der Waals surface area contributed by atoms with Crippen LogP contribution in [-0.4, -0.2) is 69.6 Å². The lowest BCUT2D eigenvalue weighted by molar-refractivity contribution is -0.154. The Hall–Kier alpha value is -2.58. The maximum atomic E-state index is 14.4. The van der Waals surface area contributed by atoms with Crippen LogP contribution in [0.15, 0.2) is 42.5 Å². The van der Waals surface area contributed by atoms with E-state index in [1.165, 1.54) is 16.7 Å². The Morgan fingerprint density at radius 1 is 1.08 bits per heavy atom. The van der Waals surface area contributed by atoms with Gasteiger partial charge < -0.3 is 19.6 Å². The zero-order valence-corrected chi connectivity index (χ0v) is 21.9. The topological polar surface area (TPSA) is 87.2 Å². The second-order valence-electron chi connectivity index (χ2n) is 10.5. The highest BCUT2D eigenvalue weighted by Gasteiger charge is 2.73. The van der Waals surface area contributed by atoms with Gasteiger partial charge in [-0.05, 0) is 57.2 Å². The van der Waals surface area contributed by atoms with Gasteiger partial charge in [0.15, 0.2) is 0 Å². The number of β-amino-alcohol motifs (C(OH)–C–C–N with tert-alkyl or cyclic N) is 1. The number of benzene rings is 1. The molecular weight excluding hydrogens is 476 g/mol. The number of fused-ring (bicyclic) bond motifs is 2. The third-order valence-corrected chi connectivity index (χ3v) is 9.79. The monoisotopic (exact) mass is 510 g/mol. The van der Waals surface area contributed by atoms with Crippen LogP contribution in [0.1, 0.15) is 37.3 Å². The lowest BCUT2D eigenvalue weighted by Crippen LogP contribution is -2.54. The third kappa shape index (κ3) is 3.80. The summed E-state index contributed by atoms with van der Waals surface area (Å²) >= 11 is 1.53. The molecule has 192 valence electrons. The Morgan fingerprint density at radius 2 is 1.89 bits per heavy atom. The van der Waals surface area contributed by atoms with Crippen molar-refractivity contribution in [2.45, 2.75) is 55.6 Å². The molecule has 1 unspecified atom stereocenters. The van der Waals surface area contributed by atoms with E-state index in [1.54, 1.807) is 4.90 Å². The van der Waals surface area contributed by atoms with Gasteiger partial charge in [-0.25, -0.2) is 0 Å². The first-order valence-electron chi connectivity index (χ1n) is 12.8. The predicted octanol–water partition coefficient (Wildman–Crippen LogP) is 3.17. The number of aliphatic hydroxyl groups excluding tert-OH is 1. The average Bonchev–Trinajstić information content (AvgIpc) is 3.16. The molecule has 0 saturated carbocycles. The number of nitrogens with zero attached hydrogens (tertiary/aromatic N) is 2. The SMILES string of the molecule is Cc1ccc(C)c(N2CC=C[C@]34S[C@]5(C)/C=C\CCCCOC(=O)[C@@H]5[C@H]3C(=O)N(CCO)C4C2=O)c1. The lowest BCUT2D eigenvalue weighted by Gasteiger charge is -2.37. The van der Waals surface area contributed by atoms with Crippen molar-refractivity contribution in [1.82, 2.24) is 4.90 Å². The van der Waals surface area contributed by atoms with Gasteiger partial charge in [-0.2, -0.15) is 0 Å².